The second-order valence-corrected chi connectivity index (χ2v) is 7.14. The summed E-state index contributed by atoms with van der Waals surface area (Å²) < 4.78 is 19.2. The Labute approximate surface area is 138 Å². The highest BCUT2D eigenvalue weighted by Crippen LogP contribution is 2.31. The molecule has 2 N–H and O–H groups in total. The van der Waals surface area contributed by atoms with Gasteiger partial charge in [0.2, 0.25) is 0 Å². The number of halogens is 1. The number of piperidine rings is 1. The van der Waals surface area contributed by atoms with Gasteiger partial charge in [0.25, 0.3) is 5.91 Å². The van der Waals surface area contributed by atoms with Crippen molar-refractivity contribution in [1.82, 2.24) is 4.90 Å². The Morgan fingerprint density at radius 2 is 1.96 bits per heavy atom. The van der Waals surface area contributed by atoms with Gasteiger partial charge in [-0.15, -0.1) is 0 Å². The van der Waals surface area contributed by atoms with E-state index in [4.69, 9.17) is 10.2 Å². The molecule has 23 heavy (non-hydrogen) atoms. The zero-order valence-corrected chi connectivity index (χ0v) is 13.7. The normalized spacial score (nSPS) is 17.3. The second kappa shape index (κ2) is 6.37. The van der Waals surface area contributed by atoms with E-state index in [0.717, 1.165) is 12.8 Å². The van der Waals surface area contributed by atoms with Crippen molar-refractivity contribution in [2.45, 2.75) is 35.3 Å². The predicted molar refractivity (Wildman–Crippen MR) is 87.0 cm³/mol. The van der Waals surface area contributed by atoms with E-state index in [9.17, 15) is 9.18 Å². The molecule has 4 nitrogen and oxygen atoms in total. The van der Waals surface area contributed by atoms with E-state index in [2.05, 4.69) is 0 Å². The number of carbonyl (C=O) groups is 1. The molecule has 0 saturated carbocycles. The van der Waals surface area contributed by atoms with Gasteiger partial charge < -0.3 is 15.1 Å². The summed E-state index contributed by atoms with van der Waals surface area (Å²) in [5.74, 6) is -0.162. The molecule has 1 fully saturated rings. The fourth-order valence-electron chi connectivity index (χ4n) is 2.50. The lowest BCUT2D eigenvalue weighted by Crippen LogP contribution is -2.49. The Bertz CT molecular complexity index is 704. The van der Waals surface area contributed by atoms with Crippen LogP contribution in [0.2, 0.25) is 0 Å². The highest BCUT2D eigenvalue weighted by Gasteiger charge is 2.29. The maximum Gasteiger partial charge on any atom is 0.289 e. The van der Waals surface area contributed by atoms with Crippen molar-refractivity contribution in [2.75, 3.05) is 13.1 Å². The van der Waals surface area contributed by atoms with Gasteiger partial charge in [-0.3, -0.25) is 4.79 Å². The van der Waals surface area contributed by atoms with Crippen LogP contribution in [0.15, 0.2) is 50.8 Å². The summed E-state index contributed by atoms with van der Waals surface area (Å²) in [7, 11) is 0. The Hall–Kier alpha value is -1.79. The summed E-state index contributed by atoms with van der Waals surface area (Å²) in [4.78, 5) is 14.7. The Morgan fingerprint density at radius 1 is 1.26 bits per heavy atom. The van der Waals surface area contributed by atoms with Crippen LogP contribution < -0.4 is 5.73 Å². The molecule has 2 aromatic rings. The average molecular weight is 334 g/mol. The molecule has 1 aromatic carbocycles. The maximum absolute atomic E-state index is 13.7. The van der Waals surface area contributed by atoms with Gasteiger partial charge in [-0.25, -0.2) is 4.39 Å². The first-order valence-electron chi connectivity index (χ1n) is 7.55. The minimum atomic E-state index is -0.306. The van der Waals surface area contributed by atoms with E-state index in [0.29, 0.717) is 23.1 Å². The predicted octanol–water partition coefficient (Wildman–Crippen LogP) is 3.52. The number of amides is 1. The number of likely N-dealkylation sites (tertiary alicyclic amines) is 1. The molecule has 1 aliphatic rings. The van der Waals surface area contributed by atoms with Crippen molar-refractivity contribution in [3.05, 3.63) is 48.0 Å². The van der Waals surface area contributed by atoms with Gasteiger partial charge in [0, 0.05) is 18.6 Å². The van der Waals surface area contributed by atoms with Crippen molar-refractivity contribution in [3.8, 4) is 0 Å². The van der Waals surface area contributed by atoms with Crippen LogP contribution in [-0.4, -0.2) is 29.4 Å². The van der Waals surface area contributed by atoms with E-state index in [-0.39, 0.29) is 23.0 Å². The van der Waals surface area contributed by atoms with Crippen LogP contribution in [0, 0.1) is 5.82 Å². The van der Waals surface area contributed by atoms with E-state index < -0.39 is 0 Å². The SMILES string of the molecule is CC1(N)CCN(C(=O)c2ccc(Sc3ccccc3F)o2)CC1. The number of carbonyl (C=O) groups excluding carboxylic acids is 1. The van der Waals surface area contributed by atoms with Crippen molar-refractivity contribution in [2.24, 2.45) is 5.73 Å². The summed E-state index contributed by atoms with van der Waals surface area (Å²) in [5.41, 5.74) is 5.88. The first kappa shape index (κ1) is 16.1. The molecular formula is C17H19FN2O2S. The van der Waals surface area contributed by atoms with Crippen LogP contribution in [0.5, 0.6) is 0 Å². The van der Waals surface area contributed by atoms with E-state index in [1.165, 1.54) is 17.8 Å². The average Bonchev–Trinajstić information content (AvgIpc) is 2.97. The van der Waals surface area contributed by atoms with Crippen LogP contribution in [0.3, 0.4) is 0 Å². The van der Waals surface area contributed by atoms with E-state index in [1.54, 1.807) is 35.2 Å². The quantitative estimate of drug-likeness (QED) is 0.933. The molecule has 0 unspecified atom stereocenters. The molecule has 6 heteroatoms. The number of furan rings is 1. The fourth-order valence-corrected chi connectivity index (χ4v) is 3.30. The number of hydrogen-bond donors (Lipinski definition) is 1. The Kier molecular flexibility index (Phi) is 4.46. The minimum Gasteiger partial charge on any atom is -0.444 e. The summed E-state index contributed by atoms with van der Waals surface area (Å²) in [6, 6.07) is 9.81. The zero-order chi connectivity index (χ0) is 16.4. The lowest BCUT2D eigenvalue weighted by Gasteiger charge is -2.36. The highest BCUT2D eigenvalue weighted by atomic mass is 32.2. The second-order valence-electron chi connectivity index (χ2n) is 6.10. The summed E-state index contributed by atoms with van der Waals surface area (Å²) in [5, 5.41) is 0.499. The molecule has 2 heterocycles. The van der Waals surface area contributed by atoms with Gasteiger partial charge in [-0.2, -0.15) is 0 Å². The largest absolute Gasteiger partial charge is 0.444 e. The third-order valence-electron chi connectivity index (χ3n) is 4.03. The molecule has 1 saturated heterocycles. The molecule has 0 aliphatic carbocycles. The molecule has 0 radical (unpaired) electrons. The van der Waals surface area contributed by atoms with E-state index in [1.807, 2.05) is 6.92 Å². The number of nitrogens with zero attached hydrogens (tertiary/aromatic N) is 1. The van der Waals surface area contributed by atoms with Gasteiger partial charge in [0.1, 0.15) is 5.82 Å². The Balaban J connectivity index is 1.67. The van der Waals surface area contributed by atoms with Gasteiger partial charge in [-0.1, -0.05) is 12.1 Å². The molecule has 0 bridgehead atoms. The van der Waals surface area contributed by atoms with Crippen LogP contribution >= 0.6 is 11.8 Å². The molecule has 122 valence electrons. The number of rotatable bonds is 3. The summed E-state index contributed by atoms with van der Waals surface area (Å²) >= 11 is 1.17. The van der Waals surface area contributed by atoms with Crippen LogP contribution in [0.4, 0.5) is 4.39 Å². The monoisotopic (exact) mass is 334 g/mol. The molecular weight excluding hydrogens is 315 g/mol. The zero-order valence-electron chi connectivity index (χ0n) is 12.9. The van der Waals surface area contributed by atoms with Crippen LogP contribution in [0.25, 0.3) is 0 Å². The van der Waals surface area contributed by atoms with Crippen molar-refractivity contribution in [3.63, 3.8) is 0 Å². The standard InChI is InChI=1S/C17H19FN2O2S/c1-17(19)8-10-20(11-9-17)16(21)13-6-7-15(22-13)23-14-5-3-2-4-12(14)18/h2-7H,8-11,19H2,1H3. The molecule has 1 aromatic heterocycles. The first-order valence-corrected chi connectivity index (χ1v) is 8.37. The van der Waals surface area contributed by atoms with Gasteiger partial charge in [0.05, 0.1) is 4.90 Å². The summed E-state index contributed by atoms with van der Waals surface area (Å²) in [6.07, 6.45) is 1.55. The van der Waals surface area contributed by atoms with Gasteiger partial charge in [-0.05, 0) is 55.8 Å². The lowest BCUT2D eigenvalue weighted by molar-refractivity contribution is 0.0643. The highest BCUT2D eigenvalue weighted by molar-refractivity contribution is 7.99. The Morgan fingerprint density at radius 3 is 2.65 bits per heavy atom. The van der Waals surface area contributed by atoms with Crippen molar-refractivity contribution in [1.29, 1.82) is 0 Å². The topological polar surface area (TPSA) is 59.5 Å². The van der Waals surface area contributed by atoms with Gasteiger partial charge in [0.15, 0.2) is 10.9 Å². The number of nitrogens with two attached hydrogens (primary N) is 1. The van der Waals surface area contributed by atoms with E-state index >= 15 is 0 Å². The molecule has 1 aliphatic heterocycles. The minimum absolute atomic E-state index is 0.138. The molecule has 0 atom stereocenters. The third kappa shape index (κ3) is 3.76. The van der Waals surface area contributed by atoms with Crippen LogP contribution in [0.1, 0.15) is 30.3 Å². The number of hydrogen-bond acceptors (Lipinski definition) is 4. The molecule has 0 spiro atoms. The van der Waals surface area contributed by atoms with Crippen molar-refractivity contribution < 1.29 is 13.6 Å². The first-order chi connectivity index (χ1) is 10.9. The van der Waals surface area contributed by atoms with Crippen molar-refractivity contribution >= 4 is 17.7 Å². The van der Waals surface area contributed by atoms with Crippen LogP contribution in [-0.2, 0) is 0 Å². The number of benzene rings is 1. The lowest BCUT2D eigenvalue weighted by atomic mass is 9.91. The fraction of sp³-hybridized carbons (Fsp3) is 0.353. The molecule has 1 amide bonds. The maximum atomic E-state index is 13.7. The third-order valence-corrected chi connectivity index (χ3v) is 5.00. The molecule has 3 rings (SSSR count). The summed E-state index contributed by atoms with van der Waals surface area (Å²) in [6.45, 7) is 3.26. The smallest absolute Gasteiger partial charge is 0.289 e. The van der Waals surface area contributed by atoms with Gasteiger partial charge >= 0.3 is 0 Å².